The summed E-state index contributed by atoms with van der Waals surface area (Å²) in [6.07, 6.45) is 4.22. The number of likely N-dealkylation sites (tertiary alicyclic amines) is 1. The van der Waals surface area contributed by atoms with Gasteiger partial charge in [-0.3, -0.25) is 0 Å². The lowest BCUT2D eigenvalue weighted by Crippen LogP contribution is -2.45. The molecule has 0 unspecified atom stereocenters. The number of sulfonamides is 1. The maximum absolute atomic E-state index is 13.0. The molecule has 1 aromatic rings. The summed E-state index contributed by atoms with van der Waals surface area (Å²) in [7, 11) is -3.47. The van der Waals surface area contributed by atoms with Crippen LogP contribution in [0.15, 0.2) is 11.0 Å². The normalized spacial score (nSPS) is 17.4. The molecular formula is C19H32N2O2S. The van der Waals surface area contributed by atoms with Gasteiger partial charge >= 0.3 is 0 Å². The van der Waals surface area contributed by atoms with Gasteiger partial charge in [-0.1, -0.05) is 19.4 Å². The number of nitrogens with one attached hydrogen (secondary N) is 1. The second-order valence-electron chi connectivity index (χ2n) is 7.18. The molecule has 0 radical (unpaired) electrons. The maximum atomic E-state index is 13.0. The summed E-state index contributed by atoms with van der Waals surface area (Å²) >= 11 is 0. The summed E-state index contributed by atoms with van der Waals surface area (Å²) in [5, 5.41) is 0. The molecule has 0 saturated carbocycles. The van der Waals surface area contributed by atoms with Crippen LogP contribution in [-0.4, -0.2) is 39.0 Å². The Morgan fingerprint density at radius 1 is 1.08 bits per heavy atom. The van der Waals surface area contributed by atoms with E-state index in [0.717, 1.165) is 54.7 Å². The van der Waals surface area contributed by atoms with E-state index >= 15 is 0 Å². The molecule has 1 aliphatic heterocycles. The number of benzene rings is 1. The highest BCUT2D eigenvalue weighted by Gasteiger charge is 2.27. The lowest BCUT2D eigenvalue weighted by atomic mass is 10.0. The van der Waals surface area contributed by atoms with Crippen molar-refractivity contribution in [1.29, 1.82) is 0 Å². The van der Waals surface area contributed by atoms with Gasteiger partial charge in [0.25, 0.3) is 0 Å². The molecule has 1 aliphatic rings. The van der Waals surface area contributed by atoms with Gasteiger partial charge in [0.15, 0.2) is 0 Å². The van der Waals surface area contributed by atoms with Crippen LogP contribution in [-0.2, 0) is 10.0 Å². The number of unbranched alkanes of at least 4 members (excludes halogenated alkanes) is 1. The minimum atomic E-state index is -3.47. The Kier molecular flexibility index (Phi) is 6.46. The summed E-state index contributed by atoms with van der Waals surface area (Å²) in [4.78, 5) is 2.93. The molecule has 4 nitrogen and oxygen atoms in total. The van der Waals surface area contributed by atoms with Crippen molar-refractivity contribution in [3.05, 3.63) is 28.3 Å². The van der Waals surface area contributed by atoms with Gasteiger partial charge in [0.05, 0.1) is 4.90 Å². The topological polar surface area (TPSA) is 49.4 Å². The van der Waals surface area contributed by atoms with E-state index in [1.807, 2.05) is 27.7 Å². The van der Waals surface area contributed by atoms with Gasteiger partial charge in [0, 0.05) is 6.04 Å². The minimum Gasteiger partial charge on any atom is -0.303 e. The van der Waals surface area contributed by atoms with Crippen LogP contribution in [0.25, 0.3) is 0 Å². The average molecular weight is 353 g/mol. The third-order valence-electron chi connectivity index (χ3n) is 5.30. The molecule has 0 bridgehead atoms. The first-order valence-corrected chi connectivity index (χ1v) is 10.6. The molecule has 24 heavy (non-hydrogen) atoms. The van der Waals surface area contributed by atoms with Crippen LogP contribution in [0, 0.1) is 27.7 Å². The van der Waals surface area contributed by atoms with Crippen LogP contribution in [0.4, 0.5) is 0 Å². The fourth-order valence-electron chi connectivity index (χ4n) is 3.52. The van der Waals surface area contributed by atoms with Crippen molar-refractivity contribution in [3.63, 3.8) is 0 Å². The summed E-state index contributed by atoms with van der Waals surface area (Å²) in [5.41, 5.74) is 3.80. The predicted molar refractivity (Wildman–Crippen MR) is 100 cm³/mol. The third kappa shape index (κ3) is 4.38. The number of hydrogen-bond donors (Lipinski definition) is 1. The zero-order valence-electron chi connectivity index (χ0n) is 15.8. The molecule has 0 spiro atoms. The molecule has 2 rings (SSSR count). The van der Waals surface area contributed by atoms with Crippen LogP contribution in [0.5, 0.6) is 0 Å². The van der Waals surface area contributed by atoms with Gasteiger partial charge in [0.2, 0.25) is 10.0 Å². The largest absolute Gasteiger partial charge is 0.303 e. The van der Waals surface area contributed by atoms with Gasteiger partial charge in [0.1, 0.15) is 0 Å². The Balaban J connectivity index is 2.11. The smallest absolute Gasteiger partial charge is 0.241 e. The molecule has 0 amide bonds. The van der Waals surface area contributed by atoms with Crippen molar-refractivity contribution in [3.8, 4) is 0 Å². The SMILES string of the molecule is CCCCN1CCC(NS(=O)(=O)c2c(C)c(C)cc(C)c2C)CC1. The first-order valence-electron chi connectivity index (χ1n) is 9.08. The molecule has 5 heteroatoms. The Morgan fingerprint density at radius 2 is 1.62 bits per heavy atom. The lowest BCUT2D eigenvalue weighted by Gasteiger charge is -2.32. The van der Waals surface area contributed by atoms with Gasteiger partial charge < -0.3 is 4.90 Å². The zero-order chi connectivity index (χ0) is 17.9. The van der Waals surface area contributed by atoms with Crippen LogP contribution < -0.4 is 4.72 Å². The number of rotatable bonds is 6. The first kappa shape index (κ1) is 19.4. The van der Waals surface area contributed by atoms with E-state index in [-0.39, 0.29) is 6.04 Å². The summed E-state index contributed by atoms with van der Waals surface area (Å²) in [6, 6.07) is 2.11. The fourth-order valence-corrected chi connectivity index (χ4v) is 5.44. The zero-order valence-corrected chi connectivity index (χ0v) is 16.6. The Hall–Kier alpha value is -0.910. The standard InChI is InChI=1S/C19H32N2O2S/c1-6-7-10-21-11-8-18(9-12-21)20-24(22,23)19-16(4)14(2)13-15(3)17(19)5/h13,18,20H,6-12H2,1-5H3. The van der Waals surface area contributed by atoms with Crippen LogP contribution in [0.2, 0.25) is 0 Å². The second kappa shape index (κ2) is 7.98. The van der Waals surface area contributed by atoms with Crippen LogP contribution in [0.1, 0.15) is 54.9 Å². The molecule has 0 aromatic heterocycles. The van der Waals surface area contributed by atoms with Gasteiger partial charge in [-0.05, 0) is 88.8 Å². The fraction of sp³-hybridized carbons (Fsp3) is 0.684. The third-order valence-corrected chi connectivity index (χ3v) is 7.10. The highest BCUT2D eigenvalue weighted by molar-refractivity contribution is 7.89. The summed E-state index contributed by atoms with van der Waals surface area (Å²) < 4.78 is 28.9. The molecule has 1 heterocycles. The first-order chi connectivity index (χ1) is 11.3. The number of piperidine rings is 1. The Labute approximate surface area is 147 Å². The number of hydrogen-bond acceptors (Lipinski definition) is 3. The van der Waals surface area contributed by atoms with Gasteiger partial charge in [-0.25, -0.2) is 13.1 Å². The molecule has 1 N–H and O–H groups in total. The minimum absolute atomic E-state index is 0.0486. The molecule has 1 fully saturated rings. The molecule has 0 aliphatic carbocycles. The van der Waals surface area contributed by atoms with Crippen LogP contribution in [0.3, 0.4) is 0 Å². The number of aryl methyl sites for hydroxylation is 2. The predicted octanol–water partition coefficient (Wildman–Crippen LogP) is 3.46. The molecular weight excluding hydrogens is 320 g/mol. The van der Waals surface area contributed by atoms with E-state index in [1.54, 1.807) is 0 Å². The van der Waals surface area contributed by atoms with Crippen LogP contribution >= 0.6 is 0 Å². The molecule has 1 saturated heterocycles. The average Bonchev–Trinajstić information content (AvgIpc) is 2.52. The number of nitrogens with zero attached hydrogens (tertiary/aromatic N) is 1. The summed E-state index contributed by atoms with van der Waals surface area (Å²) in [5.74, 6) is 0. The van der Waals surface area contributed by atoms with Crippen molar-refractivity contribution in [1.82, 2.24) is 9.62 Å². The van der Waals surface area contributed by atoms with E-state index in [2.05, 4.69) is 22.6 Å². The quantitative estimate of drug-likeness (QED) is 0.853. The Bertz CT molecular complexity index is 649. The molecule has 1 aromatic carbocycles. The monoisotopic (exact) mass is 352 g/mol. The van der Waals surface area contributed by atoms with E-state index in [4.69, 9.17) is 0 Å². The van der Waals surface area contributed by atoms with E-state index < -0.39 is 10.0 Å². The van der Waals surface area contributed by atoms with E-state index in [0.29, 0.717) is 4.90 Å². The van der Waals surface area contributed by atoms with Crippen molar-refractivity contribution in [2.75, 3.05) is 19.6 Å². The maximum Gasteiger partial charge on any atom is 0.241 e. The molecule has 0 atom stereocenters. The van der Waals surface area contributed by atoms with Crippen molar-refractivity contribution in [2.45, 2.75) is 71.2 Å². The van der Waals surface area contributed by atoms with E-state index in [1.165, 1.54) is 12.8 Å². The second-order valence-corrected chi connectivity index (χ2v) is 8.83. The van der Waals surface area contributed by atoms with E-state index in [9.17, 15) is 8.42 Å². The highest BCUT2D eigenvalue weighted by Crippen LogP contribution is 2.26. The van der Waals surface area contributed by atoms with Crippen molar-refractivity contribution in [2.24, 2.45) is 0 Å². The van der Waals surface area contributed by atoms with Crippen molar-refractivity contribution >= 4 is 10.0 Å². The lowest BCUT2D eigenvalue weighted by molar-refractivity contribution is 0.205. The highest BCUT2D eigenvalue weighted by atomic mass is 32.2. The molecule has 136 valence electrons. The van der Waals surface area contributed by atoms with Gasteiger partial charge in [-0.15, -0.1) is 0 Å². The van der Waals surface area contributed by atoms with Gasteiger partial charge in [-0.2, -0.15) is 0 Å². The summed E-state index contributed by atoms with van der Waals surface area (Å²) in [6.45, 7) is 13.1. The Morgan fingerprint density at radius 3 is 2.12 bits per heavy atom. The van der Waals surface area contributed by atoms with Crippen molar-refractivity contribution < 1.29 is 8.42 Å².